The van der Waals surface area contributed by atoms with Crippen LogP contribution in [0.2, 0.25) is 0 Å². The zero-order valence-electron chi connectivity index (χ0n) is 9.82. The van der Waals surface area contributed by atoms with Gasteiger partial charge in [0.05, 0.1) is 0 Å². The Balaban J connectivity index is 1.84. The number of carboxylic acids is 1. The highest BCUT2D eigenvalue weighted by atomic mass is 16.5. The van der Waals surface area contributed by atoms with E-state index in [1.807, 2.05) is 6.20 Å². The zero-order valence-corrected chi connectivity index (χ0v) is 9.82. The molecule has 5 nitrogen and oxygen atoms in total. The second kappa shape index (κ2) is 5.82. The van der Waals surface area contributed by atoms with E-state index in [9.17, 15) is 4.79 Å². The molecule has 0 saturated carbocycles. The van der Waals surface area contributed by atoms with E-state index in [1.54, 1.807) is 0 Å². The van der Waals surface area contributed by atoms with Gasteiger partial charge in [-0.15, -0.1) is 0 Å². The Kier molecular flexibility index (Phi) is 4.14. The van der Waals surface area contributed by atoms with E-state index in [4.69, 9.17) is 9.84 Å². The summed E-state index contributed by atoms with van der Waals surface area (Å²) in [5, 5.41) is 8.56. The van der Waals surface area contributed by atoms with Gasteiger partial charge in [-0.05, 0) is 19.3 Å². The van der Waals surface area contributed by atoms with Crippen molar-refractivity contribution in [1.29, 1.82) is 0 Å². The maximum absolute atomic E-state index is 10.4. The largest absolute Gasteiger partial charge is 0.481 e. The molecule has 0 amide bonds. The molecule has 2 heterocycles. The van der Waals surface area contributed by atoms with Crippen LogP contribution in [0.3, 0.4) is 0 Å². The van der Waals surface area contributed by atoms with Gasteiger partial charge in [0.15, 0.2) is 0 Å². The topological polar surface area (TPSA) is 75.2 Å². The molecule has 0 unspecified atom stereocenters. The second-order valence-corrected chi connectivity index (χ2v) is 4.42. The normalized spacial score (nSPS) is 17.2. The molecule has 2 N–H and O–H groups in total. The van der Waals surface area contributed by atoms with Crippen LogP contribution < -0.4 is 0 Å². The molecule has 0 spiro atoms. The van der Waals surface area contributed by atoms with Crippen LogP contribution in [0.5, 0.6) is 0 Å². The Labute approximate surface area is 100 Å². The van der Waals surface area contributed by atoms with Crippen LogP contribution in [0.15, 0.2) is 6.20 Å². The van der Waals surface area contributed by atoms with Crippen LogP contribution in [0.1, 0.15) is 43.1 Å². The van der Waals surface area contributed by atoms with E-state index in [1.165, 1.54) is 5.69 Å². The molecule has 1 aromatic rings. The number of aromatic amines is 1. The smallest absolute Gasteiger partial charge is 0.303 e. The van der Waals surface area contributed by atoms with E-state index in [2.05, 4.69) is 9.97 Å². The molecule has 17 heavy (non-hydrogen) atoms. The van der Waals surface area contributed by atoms with Crippen molar-refractivity contribution in [2.45, 2.75) is 38.0 Å². The Morgan fingerprint density at radius 1 is 1.53 bits per heavy atom. The molecule has 0 radical (unpaired) electrons. The van der Waals surface area contributed by atoms with Crippen molar-refractivity contribution >= 4 is 5.97 Å². The number of nitrogens with zero attached hydrogens (tertiary/aromatic N) is 1. The third kappa shape index (κ3) is 3.56. The first kappa shape index (κ1) is 12.1. The van der Waals surface area contributed by atoms with Crippen molar-refractivity contribution in [2.24, 2.45) is 0 Å². The van der Waals surface area contributed by atoms with Crippen molar-refractivity contribution in [3.8, 4) is 0 Å². The molecular weight excluding hydrogens is 220 g/mol. The predicted octanol–water partition coefficient (Wildman–Crippen LogP) is 1.71. The molecule has 94 valence electrons. The van der Waals surface area contributed by atoms with E-state index in [0.29, 0.717) is 18.8 Å². The van der Waals surface area contributed by atoms with Crippen LogP contribution >= 0.6 is 0 Å². The Morgan fingerprint density at radius 3 is 3.00 bits per heavy atom. The third-order valence-electron chi connectivity index (χ3n) is 3.11. The number of aliphatic carboxylic acids is 1. The molecule has 1 saturated heterocycles. The van der Waals surface area contributed by atoms with Gasteiger partial charge >= 0.3 is 5.97 Å². The summed E-state index contributed by atoms with van der Waals surface area (Å²) in [6, 6.07) is 0. The molecule has 0 aliphatic carbocycles. The summed E-state index contributed by atoms with van der Waals surface area (Å²) < 4.78 is 5.32. The highest BCUT2D eigenvalue weighted by Crippen LogP contribution is 2.25. The number of carbonyl (C=O) groups is 1. The molecule has 1 aromatic heterocycles. The first-order valence-corrected chi connectivity index (χ1v) is 6.09. The fourth-order valence-corrected chi connectivity index (χ4v) is 2.13. The average Bonchev–Trinajstić information content (AvgIpc) is 2.78. The first-order valence-electron chi connectivity index (χ1n) is 6.09. The maximum atomic E-state index is 10.4. The quantitative estimate of drug-likeness (QED) is 0.818. The minimum absolute atomic E-state index is 0.202. The second-order valence-electron chi connectivity index (χ2n) is 4.42. The fraction of sp³-hybridized carbons (Fsp3) is 0.667. The first-order chi connectivity index (χ1) is 8.25. The van der Waals surface area contributed by atoms with E-state index < -0.39 is 5.97 Å². The Hall–Kier alpha value is -1.36. The number of carboxylic acid groups (broad SMARTS) is 1. The molecule has 0 atom stereocenters. The summed E-state index contributed by atoms with van der Waals surface area (Å²) in [4.78, 5) is 18.0. The predicted molar refractivity (Wildman–Crippen MR) is 62.0 cm³/mol. The van der Waals surface area contributed by atoms with Crippen LogP contribution in [-0.2, 0) is 16.0 Å². The van der Waals surface area contributed by atoms with Gasteiger partial charge in [0.1, 0.15) is 5.82 Å². The van der Waals surface area contributed by atoms with Crippen molar-refractivity contribution in [3.05, 3.63) is 17.7 Å². The van der Waals surface area contributed by atoms with Gasteiger partial charge in [-0.1, -0.05) is 0 Å². The van der Waals surface area contributed by atoms with Crippen molar-refractivity contribution in [1.82, 2.24) is 9.97 Å². The monoisotopic (exact) mass is 238 g/mol. The van der Waals surface area contributed by atoms with Gasteiger partial charge in [0.2, 0.25) is 0 Å². The number of aromatic nitrogens is 2. The number of rotatable bonds is 5. The summed E-state index contributed by atoms with van der Waals surface area (Å²) in [5.41, 5.74) is 1.17. The molecule has 0 bridgehead atoms. The number of ether oxygens (including phenoxy) is 1. The van der Waals surface area contributed by atoms with Gasteiger partial charge in [-0.2, -0.15) is 0 Å². The summed E-state index contributed by atoms with van der Waals surface area (Å²) in [5.74, 6) is 0.665. The Bertz CT molecular complexity index is 370. The number of hydrogen-bond donors (Lipinski definition) is 2. The molecule has 1 aliphatic heterocycles. The van der Waals surface area contributed by atoms with Crippen molar-refractivity contribution in [2.75, 3.05) is 13.2 Å². The minimum atomic E-state index is -0.749. The lowest BCUT2D eigenvalue weighted by atomic mass is 9.97. The van der Waals surface area contributed by atoms with Gasteiger partial charge in [-0.3, -0.25) is 4.79 Å². The van der Waals surface area contributed by atoms with Gasteiger partial charge in [0.25, 0.3) is 0 Å². The zero-order chi connectivity index (χ0) is 12.1. The lowest BCUT2D eigenvalue weighted by Crippen LogP contribution is -2.14. The summed E-state index contributed by atoms with van der Waals surface area (Å²) in [6.07, 6.45) is 5.50. The van der Waals surface area contributed by atoms with Crippen molar-refractivity contribution < 1.29 is 14.6 Å². The SMILES string of the molecule is O=C(O)CCCc1ncc(C2CCOCC2)[nH]1. The van der Waals surface area contributed by atoms with E-state index >= 15 is 0 Å². The highest BCUT2D eigenvalue weighted by Gasteiger charge is 2.17. The molecular formula is C12H18N2O3. The molecule has 2 rings (SSSR count). The van der Waals surface area contributed by atoms with Crippen LogP contribution in [0, 0.1) is 0 Å². The standard InChI is InChI=1S/C12H18N2O3/c15-12(16)3-1-2-11-13-8-10(14-11)9-4-6-17-7-5-9/h8-9H,1-7H2,(H,13,14)(H,15,16). The lowest BCUT2D eigenvalue weighted by Gasteiger charge is -2.20. The van der Waals surface area contributed by atoms with Crippen LogP contribution in [-0.4, -0.2) is 34.3 Å². The van der Waals surface area contributed by atoms with Crippen LogP contribution in [0.4, 0.5) is 0 Å². The van der Waals surface area contributed by atoms with Gasteiger partial charge < -0.3 is 14.8 Å². The highest BCUT2D eigenvalue weighted by molar-refractivity contribution is 5.66. The third-order valence-corrected chi connectivity index (χ3v) is 3.11. The van der Waals surface area contributed by atoms with Crippen LogP contribution in [0.25, 0.3) is 0 Å². The number of aryl methyl sites for hydroxylation is 1. The van der Waals surface area contributed by atoms with Gasteiger partial charge in [-0.25, -0.2) is 4.98 Å². The van der Waals surface area contributed by atoms with Crippen molar-refractivity contribution in [3.63, 3.8) is 0 Å². The maximum Gasteiger partial charge on any atom is 0.303 e. The average molecular weight is 238 g/mol. The lowest BCUT2D eigenvalue weighted by molar-refractivity contribution is -0.137. The number of H-pyrrole nitrogens is 1. The van der Waals surface area contributed by atoms with E-state index in [0.717, 1.165) is 31.9 Å². The molecule has 1 aliphatic rings. The van der Waals surface area contributed by atoms with Gasteiger partial charge in [0, 0.05) is 43.9 Å². The number of nitrogens with one attached hydrogen (secondary N) is 1. The Morgan fingerprint density at radius 2 is 2.29 bits per heavy atom. The molecule has 0 aromatic carbocycles. The molecule has 1 fully saturated rings. The molecule has 5 heteroatoms. The summed E-state index contributed by atoms with van der Waals surface area (Å²) >= 11 is 0. The minimum Gasteiger partial charge on any atom is -0.481 e. The summed E-state index contributed by atoms with van der Waals surface area (Å²) in [7, 11) is 0. The fourth-order valence-electron chi connectivity index (χ4n) is 2.13. The van der Waals surface area contributed by atoms with E-state index in [-0.39, 0.29) is 6.42 Å². The number of hydrogen-bond acceptors (Lipinski definition) is 3. The summed E-state index contributed by atoms with van der Waals surface area (Å²) in [6.45, 7) is 1.63. The number of imidazole rings is 1.